The molecule has 2 heterocycles. The third kappa shape index (κ3) is 2.31. The van der Waals surface area contributed by atoms with Crippen molar-refractivity contribution in [2.45, 2.75) is 13.8 Å². The largest absolute Gasteiger partial charge is 0.476 e. The normalized spacial score (nSPS) is 10.4. The van der Waals surface area contributed by atoms with E-state index < -0.39 is 5.97 Å². The summed E-state index contributed by atoms with van der Waals surface area (Å²) in [5.74, 6) is -0.928. The summed E-state index contributed by atoms with van der Waals surface area (Å²) < 4.78 is 0. The van der Waals surface area contributed by atoms with Crippen molar-refractivity contribution in [2.75, 3.05) is 0 Å². The van der Waals surface area contributed by atoms with Gasteiger partial charge in [-0.15, -0.1) is 0 Å². The van der Waals surface area contributed by atoms with Gasteiger partial charge in [-0.05, 0) is 25.0 Å². The number of hydrogen-bond donors (Lipinski definition) is 1. The highest BCUT2D eigenvalue weighted by molar-refractivity contribution is 6.33. The van der Waals surface area contributed by atoms with E-state index in [2.05, 4.69) is 15.0 Å². The Bertz CT molecular complexity index is 629. The Balaban J connectivity index is 2.58. The minimum atomic E-state index is -1.19. The fourth-order valence-electron chi connectivity index (χ4n) is 1.58. The molecule has 92 valence electrons. The van der Waals surface area contributed by atoms with Crippen molar-refractivity contribution in [3.63, 3.8) is 0 Å². The zero-order valence-corrected chi connectivity index (χ0v) is 10.6. The Morgan fingerprint density at radius 3 is 2.61 bits per heavy atom. The lowest BCUT2D eigenvalue weighted by molar-refractivity contribution is 0.0690. The molecule has 0 aromatic carbocycles. The molecule has 0 atom stereocenters. The van der Waals surface area contributed by atoms with Crippen LogP contribution in [-0.2, 0) is 0 Å². The second-order valence-corrected chi connectivity index (χ2v) is 4.28. The number of hydrogen-bond acceptors (Lipinski definition) is 4. The molecular formula is C12H10ClN3O2. The molecule has 0 saturated heterocycles. The summed E-state index contributed by atoms with van der Waals surface area (Å²) in [6, 6.07) is 1.93. The average Bonchev–Trinajstić information content (AvgIpc) is 2.30. The second-order valence-electron chi connectivity index (χ2n) is 3.87. The van der Waals surface area contributed by atoms with Crippen LogP contribution in [0.15, 0.2) is 18.5 Å². The van der Waals surface area contributed by atoms with Crippen LogP contribution in [0.4, 0.5) is 0 Å². The summed E-state index contributed by atoms with van der Waals surface area (Å²) in [5.41, 5.74) is 2.24. The molecule has 0 aliphatic rings. The van der Waals surface area contributed by atoms with E-state index in [-0.39, 0.29) is 16.5 Å². The Morgan fingerprint density at radius 2 is 2.00 bits per heavy atom. The van der Waals surface area contributed by atoms with Gasteiger partial charge in [0.15, 0.2) is 11.5 Å². The monoisotopic (exact) mass is 263 g/mol. The number of rotatable bonds is 2. The number of carboxylic acids is 1. The number of pyridine rings is 1. The minimum Gasteiger partial charge on any atom is -0.476 e. The second kappa shape index (κ2) is 4.70. The molecule has 0 fully saturated rings. The molecule has 18 heavy (non-hydrogen) atoms. The Kier molecular flexibility index (Phi) is 3.25. The topological polar surface area (TPSA) is 76.0 Å². The van der Waals surface area contributed by atoms with Crippen molar-refractivity contribution >= 4 is 17.6 Å². The van der Waals surface area contributed by atoms with Crippen LogP contribution in [0.1, 0.15) is 21.6 Å². The highest BCUT2D eigenvalue weighted by Crippen LogP contribution is 2.20. The van der Waals surface area contributed by atoms with Crippen molar-refractivity contribution in [1.82, 2.24) is 15.0 Å². The zero-order valence-electron chi connectivity index (χ0n) is 9.81. The highest BCUT2D eigenvalue weighted by Gasteiger charge is 2.15. The van der Waals surface area contributed by atoms with E-state index in [1.807, 2.05) is 19.9 Å². The Labute approximate surface area is 109 Å². The maximum absolute atomic E-state index is 10.9. The number of carboxylic acid groups (broad SMARTS) is 1. The molecule has 0 radical (unpaired) electrons. The standard InChI is InChI=1S/C12H10ClN3O2/c1-6-3-7(2)9(14-4-6)11-15-5-8(13)10(16-11)12(17)18/h3-5H,1-2H3,(H,17,18). The number of nitrogens with zero attached hydrogens (tertiary/aromatic N) is 3. The van der Waals surface area contributed by atoms with Gasteiger partial charge in [0.25, 0.3) is 0 Å². The number of halogens is 1. The molecule has 2 aromatic heterocycles. The van der Waals surface area contributed by atoms with Crippen LogP contribution in [0.5, 0.6) is 0 Å². The lowest BCUT2D eigenvalue weighted by Crippen LogP contribution is -2.05. The highest BCUT2D eigenvalue weighted by atomic mass is 35.5. The quantitative estimate of drug-likeness (QED) is 0.901. The van der Waals surface area contributed by atoms with E-state index in [9.17, 15) is 4.79 Å². The van der Waals surface area contributed by atoms with Crippen LogP contribution in [0.2, 0.25) is 5.02 Å². The van der Waals surface area contributed by atoms with Gasteiger partial charge in [0.2, 0.25) is 0 Å². The first-order valence-corrected chi connectivity index (χ1v) is 5.56. The Hall–Kier alpha value is -2.01. The molecule has 0 saturated carbocycles. The summed E-state index contributed by atoms with van der Waals surface area (Å²) in [6.07, 6.45) is 2.95. The van der Waals surface area contributed by atoms with Gasteiger partial charge in [0.1, 0.15) is 5.69 Å². The van der Waals surface area contributed by atoms with Crippen molar-refractivity contribution in [1.29, 1.82) is 0 Å². The van der Waals surface area contributed by atoms with E-state index in [1.54, 1.807) is 6.20 Å². The van der Waals surface area contributed by atoms with E-state index in [1.165, 1.54) is 6.20 Å². The van der Waals surface area contributed by atoms with E-state index in [4.69, 9.17) is 16.7 Å². The van der Waals surface area contributed by atoms with Crippen molar-refractivity contribution in [3.8, 4) is 11.5 Å². The number of aromatic carboxylic acids is 1. The van der Waals surface area contributed by atoms with Crippen LogP contribution >= 0.6 is 11.6 Å². The molecule has 0 unspecified atom stereocenters. The summed E-state index contributed by atoms with van der Waals surface area (Å²) in [6.45, 7) is 3.79. The van der Waals surface area contributed by atoms with Gasteiger partial charge in [-0.25, -0.2) is 14.8 Å². The maximum atomic E-state index is 10.9. The van der Waals surface area contributed by atoms with E-state index >= 15 is 0 Å². The lowest BCUT2D eigenvalue weighted by Gasteiger charge is -2.05. The van der Waals surface area contributed by atoms with Crippen LogP contribution in [0.3, 0.4) is 0 Å². The molecule has 6 heteroatoms. The molecule has 1 N–H and O–H groups in total. The predicted octanol–water partition coefficient (Wildman–Crippen LogP) is 2.51. The van der Waals surface area contributed by atoms with Gasteiger partial charge >= 0.3 is 5.97 Å². The maximum Gasteiger partial charge on any atom is 0.356 e. The summed E-state index contributed by atoms with van der Waals surface area (Å²) in [7, 11) is 0. The fourth-order valence-corrected chi connectivity index (χ4v) is 1.75. The van der Waals surface area contributed by atoms with E-state index in [0.29, 0.717) is 5.69 Å². The smallest absolute Gasteiger partial charge is 0.356 e. The van der Waals surface area contributed by atoms with Crippen LogP contribution in [-0.4, -0.2) is 26.0 Å². The SMILES string of the molecule is Cc1cnc(-c2ncc(Cl)c(C(=O)O)n2)c(C)c1. The van der Waals surface area contributed by atoms with Crippen molar-refractivity contribution < 1.29 is 9.90 Å². The average molecular weight is 264 g/mol. The molecule has 5 nitrogen and oxygen atoms in total. The van der Waals surface area contributed by atoms with Crippen LogP contribution < -0.4 is 0 Å². The Morgan fingerprint density at radius 1 is 1.28 bits per heavy atom. The summed E-state index contributed by atoms with van der Waals surface area (Å²) >= 11 is 5.72. The van der Waals surface area contributed by atoms with Gasteiger partial charge in [0, 0.05) is 6.20 Å². The summed E-state index contributed by atoms with van der Waals surface area (Å²) in [5, 5.41) is 8.97. The first-order valence-electron chi connectivity index (χ1n) is 5.18. The fraction of sp³-hybridized carbons (Fsp3) is 0.167. The first kappa shape index (κ1) is 12.4. The number of carbonyl (C=O) groups is 1. The molecule has 0 aliphatic heterocycles. The van der Waals surface area contributed by atoms with Crippen LogP contribution in [0.25, 0.3) is 11.5 Å². The molecule has 0 bridgehead atoms. The van der Waals surface area contributed by atoms with Crippen molar-refractivity contribution in [2.24, 2.45) is 0 Å². The molecule has 0 spiro atoms. The molecule has 2 rings (SSSR count). The minimum absolute atomic E-state index is 0.0102. The van der Waals surface area contributed by atoms with Crippen LogP contribution in [0, 0.1) is 13.8 Å². The molecule has 0 aliphatic carbocycles. The lowest BCUT2D eigenvalue weighted by atomic mass is 10.1. The third-order valence-electron chi connectivity index (χ3n) is 2.37. The molecule has 2 aromatic rings. The summed E-state index contributed by atoms with van der Waals surface area (Å²) in [4.78, 5) is 23.1. The third-order valence-corrected chi connectivity index (χ3v) is 2.65. The van der Waals surface area contributed by atoms with Gasteiger partial charge in [-0.2, -0.15) is 0 Å². The van der Waals surface area contributed by atoms with Gasteiger partial charge in [-0.1, -0.05) is 17.7 Å². The van der Waals surface area contributed by atoms with Gasteiger partial charge in [0.05, 0.1) is 11.2 Å². The molecule has 0 amide bonds. The zero-order chi connectivity index (χ0) is 13.3. The van der Waals surface area contributed by atoms with Gasteiger partial charge < -0.3 is 5.11 Å². The number of aromatic nitrogens is 3. The number of aryl methyl sites for hydroxylation is 2. The predicted molar refractivity (Wildman–Crippen MR) is 66.7 cm³/mol. The van der Waals surface area contributed by atoms with E-state index in [0.717, 1.165) is 11.1 Å². The molecular weight excluding hydrogens is 254 g/mol. The van der Waals surface area contributed by atoms with Crippen molar-refractivity contribution in [3.05, 3.63) is 40.3 Å². The van der Waals surface area contributed by atoms with Gasteiger partial charge in [-0.3, -0.25) is 4.98 Å². The first-order chi connectivity index (χ1) is 8.49.